The first kappa shape index (κ1) is 48.8. The van der Waals surface area contributed by atoms with Gasteiger partial charge in [0.25, 0.3) is 0 Å². The lowest BCUT2D eigenvalue weighted by molar-refractivity contribution is -0.144. The Kier molecular flexibility index (Phi) is 22.7. The van der Waals surface area contributed by atoms with E-state index in [9.17, 15) is 18.4 Å². The van der Waals surface area contributed by atoms with E-state index in [1.807, 2.05) is 70.2 Å². The molecule has 0 amide bonds. The molecule has 4 rings (SSSR count). The lowest BCUT2D eigenvalue weighted by Gasteiger charge is -2.15. The molecule has 0 aliphatic carbocycles. The molecule has 0 heterocycles. The number of nitrogens with two attached hydrogens (primary N) is 1. The van der Waals surface area contributed by atoms with Crippen LogP contribution in [0.2, 0.25) is 0 Å². The van der Waals surface area contributed by atoms with Crippen LogP contribution >= 0.6 is 42.9 Å². The zero-order chi connectivity index (χ0) is 37.5. The van der Waals surface area contributed by atoms with Crippen LogP contribution in [0.15, 0.2) is 77.3 Å². The van der Waals surface area contributed by atoms with Gasteiger partial charge in [-0.25, -0.2) is 8.78 Å². The average molecular weight is 823 g/mol. The molecule has 0 bridgehead atoms. The zero-order valence-corrected chi connectivity index (χ0v) is 34.3. The van der Waals surface area contributed by atoms with Gasteiger partial charge in [0.05, 0.1) is 26.1 Å². The van der Waals surface area contributed by atoms with E-state index < -0.39 is 7.12 Å². The van der Waals surface area contributed by atoms with Crippen molar-refractivity contribution >= 4 is 67.4 Å². The number of benzene rings is 4. The number of hydrogen-bond acceptors (Lipinski definition) is 7. The Morgan fingerprint density at radius 1 is 0.750 bits per heavy atom. The van der Waals surface area contributed by atoms with Gasteiger partial charge >= 0.3 is 19.1 Å². The predicted octanol–water partition coefficient (Wildman–Crippen LogP) is 7.92. The van der Waals surface area contributed by atoms with E-state index in [1.54, 1.807) is 32.9 Å². The molecule has 0 fully saturated rings. The zero-order valence-electron chi connectivity index (χ0n) is 30.7. The summed E-state index contributed by atoms with van der Waals surface area (Å²) < 4.78 is 37.0. The minimum absolute atomic E-state index is 0. The predicted molar refractivity (Wildman–Crippen MR) is 220 cm³/mol. The number of carbonyl (C=O) groups excluding carboxylic acids is 2. The fraction of sp³-hybridized carbons (Fsp3) is 0.333. The molecule has 52 heavy (non-hydrogen) atoms. The molecule has 0 unspecified atom stereocenters. The van der Waals surface area contributed by atoms with Gasteiger partial charge in [0.2, 0.25) is 0 Å². The van der Waals surface area contributed by atoms with E-state index in [0.717, 1.165) is 37.9 Å². The van der Waals surface area contributed by atoms with Gasteiger partial charge in [-0.2, -0.15) is 27.0 Å². The third kappa shape index (κ3) is 15.8. The summed E-state index contributed by atoms with van der Waals surface area (Å²) in [6.45, 7) is 13.5. The highest BCUT2D eigenvalue weighted by atomic mass is 79.9. The van der Waals surface area contributed by atoms with Gasteiger partial charge in [-0.1, -0.05) is 59.3 Å². The molecule has 13 heteroatoms. The van der Waals surface area contributed by atoms with Gasteiger partial charge in [0.15, 0.2) is 0 Å². The molecule has 7 nitrogen and oxygen atoms in total. The monoisotopic (exact) mass is 821 g/mol. The Bertz CT molecular complexity index is 1700. The molecule has 0 aliphatic rings. The van der Waals surface area contributed by atoms with Crippen molar-refractivity contribution in [2.75, 3.05) is 13.2 Å². The van der Waals surface area contributed by atoms with Gasteiger partial charge in [-0.3, -0.25) is 9.59 Å². The molecule has 4 aromatic rings. The van der Waals surface area contributed by atoms with Gasteiger partial charge in [0.1, 0.15) is 11.6 Å². The number of carbonyl (C=O) groups is 2. The van der Waals surface area contributed by atoms with Crippen LogP contribution < -0.4 is 11.2 Å². The summed E-state index contributed by atoms with van der Waals surface area (Å²) in [5, 5.41) is 17.8. The molecule has 0 aromatic heterocycles. The fourth-order valence-corrected chi connectivity index (χ4v) is 5.96. The lowest BCUT2D eigenvalue weighted by atomic mass is 9.74. The quantitative estimate of drug-likeness (QED) is 0.110. The third-order valence-electron chi connectivity index (χ3n) is 7.81. The third-order valence-corrected chi connectivity index (χ3v) is 8.30. The highest BCUT2D eigenvalue weighted by Crippen LogP contribution is 2.31. The maximum absolute atomic E-state index is 13.5. The summed E-state index contributed by atoms with van der Waals surface area (Å²) in [7, 11) is -1.52. The number of hydrogen-bond donors (Lipinski definition) is 3. The van der Waals surface area contributed by atoms with E-state index in [0.29, 0.717) is 36.2 Å². The minimum atomic E-state index is -1.52. The van der Waals surface area contributed by atoms with Crippen molar-refractivity contribution in [3.8, 4) is 11.1 Å². The van der Waals surface area contributed by atoms with Gasteiger partial charge in [-0.15, -0.1) is 0 Å². The fourth-order valence-electron chi connectivity index (χ4n) is 5.54. The molecular formula is C39H51BBrF2NO6S2. The van der Waals surface area contributed by atoms with Crippen molar-refractivity contribution in [3.05, 3.63) is 122 Å². The molecule has 0 spiro atoms. The molecule has 0 aliphatic heterocycles. The van der Waals surface area contributed by atoms with Gasteiger partial charge < -0.3 is 25.3 Å². The molecule has 0 saturated heterocycles. The Morgan fingerprint density at radius 3 is 1.69 bits per heavy atom. The second-order valence-corrected chi connectivity index (χ2v) is 12.9. The summed E-state index contributed by atoms with van der Waals surface area (Å²) in [6, 6.07) is 21.1. The minimum Gasteiger partial charge on any atom is -0.466 e. The van der Waals surface area contributed by atoms with Crippen LogP contribution in [0.5, 0.6) is 0 Å². The SMILES string of the molecule is CCOC(=O)C[C@H](C)c1cccc(-c2c(C)cc(F)cc2C)c1.CCOC(=O)C[C@H](N)c1cccc(Br)c1.Cc1cc(F)cc(C)c1B(O)O.S.S. The standard InChI is InChI=1S/C20H23FO2.C11H14BrNO2.C8H10BFO2.2H2S/c1-5-23-19(22)11-13(2)16-7-6-8-17(12-16)20-14(3)9-18(21)10-15(20)4;1-2-15-11(14)7-10(13)8-4-3-5-9(12)6-8;1-5-3-7(10)4-6(2)8(5)9(11)12;;/h6-10,12-13H,5,11H2,1-4H3;3-6,10H,2,7,13H2,1H3;3-4,11-12H,1-2H3;2*1H2/t13-;10-;;;/m00.../s1. The topological polar surface area (TPSA) is 119 Å². The van der Waals surface area contributed by atoms with E-state index >= 15 is 0 Å². The van der Waals surface area contributed by atoms with Crippen molar-refractivity contribution in [2.45, 2.75) is 73.3 Å². The van der Waals surface area contributed by atoms with Crippen LogP contribution in [0.1, 0.15) is 79.0 Å². The molecular weight excluding hydrogens is 771 g/mol. The van der Waals surface area contributed by atoms with Crippen molar-refractivity contribution in [1.29, 1.82) is 0 Å². The van der Waals surface area contributed by atoms with Crippen LogP contribution in [0.25, 0.3) is 11.1 Å². The van der Waals surface area contributed by atoms with E-state index in [2.05, 4.69) is 22.0 Å². The highest BCUT2D eigenvalue weighted by molar-refractivity contribution is 9.10. The average Bonchev–Trinajstić information content (AvgIpc) is 3.01. The maximum atomic E-state index is 13.5. The summed E-state index contributed by atoms with van der Waals surface area (Å²) in [5.41, 5.74) is 13.3. The van der Waals surface area contributed by atoms with Crippen LogP contribution in [-0.2, 0) is 19.1 Å². The van der Waals surface area contributed by atoms with E-state index in [1.165, 1.54) is 12.1 Å². The Balaban J connectivity index is 0.000000782. The maximum Gasteiger partial charge on any atom is 0.488 e. The van der Waals surface area contributed by atoms with Gasteiger partial charge in [-0.05, 0) is 134 Å². The van der Waals surface area contributed by atoms with E-state index in [4.69, 9.17) is 25.3 Å². The second kappa shape index (κ2) is 24.2. The summed E-state index contributed by atoms with van der Waals surface area (Å²) in [5.74, 6) is -0.926. The van der Waals surface area contributed by atoms with Crippen molar-refractivity contribution < 1.29 is 37.9 Å². The summed E-state index contributed by atoms with van der Waals surface area (Å²) in [4.78, 5) is 22.9. The number of rotatable bonds is 10. The largest absolute Gasteiger partial charge is 0.488 e. The Morgan fingerprint density at radius 2 is 1.21 bits per heavy atom. The number of halogens is 3. The molecule has 2 atom stereocenters. The molecule has 0 saturated carbocycles. The van der Waals surface area contributed by atoms with Crippen molar-refractivity contribution in [1.82, 2.24) is 0 Å². The normalized spacial score (nSPS) is 11.2. The Labute approximate surface area is 329 Å². The summed E-state index contributed by atoms with van der Waals surface area (Å²) >= 11 is 3.36. The lowest BCUT2D eigenvalue weighted by Crippen LogP contribution is -2.34. The number of ether oxygens (including phenoxy) is 2. The van der Waals surface area contributed by atoms with Gasteiger partial charge in [0, 0.05) is 10.5 Å². The van der Waals surface area contributed by atoms with Crippen LogP contribution in [0.4, 0.5) is 8.78 Å². The van der Waals surface area contributed by atoms with Crippen molar-refractivity contribution in [2.24, 2.45) is 5.73 Å². The molecule has 4 aromatic carbocycles. The van der Waals surface area contributed by atoms with Crippen LogP contribution in [-0.4, -0.2) is 42.3 Å². The molecule has 4 N–H and O–H groups in total. The first-order valence-electron chi connectivity index (χ1n) is 16.4. The number of esters is 2. The summed E-state index contributed by atoms with van der Waals surface area (Å²) in [6.07, 6.45) is 0.572. The first-order chi connectivity index (χ1) is 23.6. The first-order valence-corrected chi connectivity index (χ1v) is 17.2. The van der Waals surface area contributed by atoms with Crippen LogP contribution in [0, 0.1) is 39.3 Å². The molecule has 0 radical (unpaired) electrons. The van der Waals surface area contributed by atoms with Crippen LogP contribution in [0.3, 0.4) is 0 Å². The van der Waals surface area contributed by atoms with Crippen molar-refractivity contribution in [3.63, 3.8) is 0 Å². The van der Waals surface area contributed by atoms with E-state index in [-0.39, 0.29) is 68.9 Å². The Hall–Kier alpha value is -3.20. The number of aryl methyl sites for hydroxylation is 4. The highest BCUT2D eigenvalue weighted by Gasteiger charge is 2.18. The second-order valence-electron chi connectivity index (χ2n) is 11.9. The molecule has 284 valence electrons. The smallest absolute Gasteiger partial charge is 0.466 e.